The van der Waals surface area contributed by atoms with Gasteiger partial charge in [-0.1, -0.05) is 0 Å². The average Bonchev–Trinajstić information content (AvgIpc) is 3.38. The van der Waals surface area contributed by atoms with E-state index >= 15 is 0 Å². The van der Waals surface area contributed by atoms with E-state index in [9.17, 15) is 14.0 Å². The quantitative estimate of drug-likeness (QED) is 0.705. The Kier molecular flexibility index (Phi) is 5.29. The van der Waals surface area contributed by atoms with Crippen LogP contribution >= 0.6 is 12.2 Å². The van der Waals surface area contributed by atoms with Crippen molar-refractivity contribution < 1.29 is 18.7 Å². The van der Waals surface area contributed by atoms with E-state index in [2.05, 4.69) is 15.7 Å². The van der Waals surface area contributed by atoms with Gasteiger partial charge in [0, 0.05) is 32.3 Å². The molecule has 1 atom stereocenters. The number of cyclic esters (lactones) is 1. The Hall–Kier alpha value is -3.21. The fourth-order valence-electron chi connectivity index (χ4n) is 3.56. The van der Waals surface area contributed by atoms with Gasteiger partial charge in [-0.15, -0.1) is 0 Å². The SMILES string of the molecule is CNC(=S)n1cc2c(n1)CN(c1ccc(N3C[C@H](CNC(C)=O)OC3=O)cc1F)C2. The van der Waals surface area contributed by atoms with E-state index < -0.39 is 18.0 Å². The maximum atomic E-state index is 14.9. The number of ether oxygens (including phenoxy) is 1. The predicted molar refractivity (Wildman–Crippen MR) is 112 cm³/mol. The fraction of sp³-hybridized carbons (Fsp3) is 0.368. The summed E-state index contributed by atoms with van der Waals surface area (Å²) in [6.45, 7) is 2.84. The third-order valence-corrected chi connectivity index (χ3v) is 5.43. The first-order chi connectivity index (χ1) is 14.4. The second-order valence-corrected chi connectivity index (χ2v) is 7.53. The molecule has 9 nitrogen and oxygen atoms in total. The number of hydrogen-bond donors (Lipinski definition) is 2. The number of hydrogen-bond acceptors (Lipinski definition) is 6. The molecule has 30 heavy (non-hydrogen) atoms. The largest absolute Gasteiger partial charge is 0.442 e. The van der Waals surface area contributed by atoms with Gasteiger partial charge >= 0.3 is 6.09 Å². The highest BCUT2D eigenvalue weighted by Gasteiger charge is 2.33. The van der Waals surface area contributed by atoms with Gasteiger partial charge in [0.15, 0.2) is 5.11 Å². The standard InChI is InChI=1S/C19H21FN6O3S/c1-11(27)22-6-14-9-25(19(28)29-14)13-3-4-17(15(20)5-13)24-7-12-8-26(18(30)21-2)23-16(12)10-24/h3-5,8,14H,6-7,9-10H2,1-2H3,(H,21,30)(H,22,27)/t14-/m0/s1. The molecule has 0 radical (unpaired) electrons. The molecule has 0 spiro atoms. The lowest BCUT2D eigenvalue weighted by Gasteiger charge is -2.21. The summed E-state index contributed by atoms with van der Waals surface area (Å²) in [5.41, 5.74) is 2.68. The van der Waals surface area contributed by atoms with Gasteiger partial charge < -0.3 is 20.3 Å². The van der Waals surface area contributed by atoms with E-state index in [1.807, 2.05) is 11.1 Å². The van der Waals surface area contributed by atoms with Crippen LogP contribution in [0.4, 0.5) is 20.6 Å². The molecule has 2 aliphatic rings. The van der Waals surface area contributed by atoms with Gasteiger partial charge in [-0.3, -0.25) is 9.69 Å². The van der Waals surface area contributed by atoms with Crippen LogP contribution in [0.1, 0.15) is 18.2 Å². The Balaban J connectivity index is 1.45. The maximum absolute atomic E-state index is 14.9. The van der Waals surface area contributed by atoms with Crippen LogP contribution in [-0.4, -0.2) is 53.1 Å². The molecule has 2 amide bonds. The molecule has 1 aromatic carbocycles. The molecule has 1 aromatic heterocycles. The molecule has 1 saturated heterocycles. The molecule has 3 heterocycles. The third kappa shape index (κ3) is 3.80. The first-order valence-electron chi connectivity index (χ1n) is 9.42. The number of fused-ring (bicyclic) bond motifs is 1. The molecule has 2 N–H and O–H groups in total. The summed E-state index contributed by atoms with van der Waals surface area (Å²) in [6, 6.07) is 4.66. The maximum Gasteiger partial charge on any atom is 0.414 e. The monoisotopic (exact) mass is 432 g/mol. The summed E-state index contributed by atoms with van der Waals surface area (Å²) in [6.07, 6.45) is 0.808. The fourth-order valence-corrected chi connectivity index (χ4v) is 3.65. The molecular formula is C19H21FN6O3S. The highest BCUT2D eigenvalue weighted by Crippen LogP contribution is 2.32. The number of carbonyl (C=O) groups excluding carboxylic acids is 2. The van der Waals surface area contributed by atoms with Gasteiger partial charge in [0.05, 0.1) is 36.7 Å². The first-order valence-corrected chi connectivity index (χ1v) is 9.83. The second kappa shape index (κ2) is 7.90. The number of thiocarbonyl (C=S) groups is 1. The summed E-state index contributed by atoms with van der Waals surface area (Å²) in [5, 5.41) is 10.4. The number of halogens is 1. The Morgan fingerprint density at radius 1 is 1.40 bits per heavy atom. The average molecular weight is 432 g/mol. The van der Waals surface area contributed by atoms with Crippen molar-refractivity contribution in [3.63, 3.8) is 0 Å². The Morgan fingerprint density at radius 2 is 2.20 bits per heavy atom. The number of aromatic nitrogens is 2. The van der Waals surface area contributed by atoms with E-state index in [1.165, 1.54) is 17.9 Å². The summed E-state index contributed by atoms with van der Waals surface area (Å²) in [5.74, 6) is -0.639. The van der Waals surface area contributed by atoms with Crippen LogP contribution in [0.5, 0.6) is 0 Å². The number of rotatable bonds is 4. The van der Waals surface area contributed by atoms with Gasteiger partial charge in [-0.05, 0) is 30.4 Å². The van der Waals surface area contributed by atoms with Gasteiger partial charge in [-0.2, -0.15) is 5.10 Å². The summed E-state index contributed by atoms with van der Waals surface area (Å²) in [4.78, 5) is 26.4. The van der Waals surface area contributed by atoms with Crippen LogP contribution in [0.2, 0.25) is 0 Å². The Bertz CT molecular complexity index is 1000. The van der Waals surface area contributed by atoms with Crippen LogP contribution in [-0.2, 0) is 22.6 Å². The molecule has 4 rings (SSSR count). The van der Waals surface area contributed by atoms with Crippen molar-refractivity contribution in [3.05, 3.63) is 41.5 Å². The van der Waals surface area contributed by atoms with E-state index in [0.717, 1.165) is 11.3 Å². The van der Waals surface area contributed by atoms with Crippen molar-refractivity contribution in [2.45, 2.75) is 26.1 Å². The predicted octanol–water partition coefficient (Wildman–Crippen LogP) is 1.36. The zero-order valence-corrected chi connectivity index (χ0v) is 17.3. The molecule has 1 fully saturated rings. The van der Waals surface area contributed by atoms with Gasteiger partial charge in [0.25, 0.3) is 0 Å². The van der Waals surface area contributed by atoms with Gasteiger partial charge in [0.1, 0.15) is 11.9 Å². The zero-order valence-electron chi connectivity index (χ0n) is 16.5. The van der Waals surface area contributed by atoms with Crippen molar-refractivity contribution in [3.8, 4) is 0 Å². The van der Waals surface area contributed by atoms with Gasteiger partial charge in [-0.25, -0.2) is 13.9 Å². The summed E-state index contributed by atoms with van der Waals surface area (Å²) < 4.78 is 21.7. The van der Waals surface area contributed by atoms with Crippen molar-refractivity contribution in [1.29, 1.82) is 0 Å². The molecule has 158 valence electrons. The van der Waals surface area contributed by atoms with Crippen LogP contribution in [0.15, 0.2) is 24.4 Å². The van der Waals surface area contributed by atoms with Crippen LogP contribution < -0.4 is 20.4 Å². The van der Waals surface area contributed by atoms with Gasteiger partial charge in [0.2, 0.25) is 5.91 Å². The Morgan fingerprint density at radius 3 is 2.87 bits per heavy atom. The van der Waals surface area contributed by atoms with Crippen LogP contribution in [0.25, 0.3) is 0 Å². The highest BCUT2D eigenvalue weighted by molar-refractivity contribution is 7.80. The lowest BCUT2D eigenvalue weighted by molar-refractivity contribution is -0.119. The van der Waals surface area contributed by atoms with Crippen LogP contribution in [0.3, 0.4) is 0 Å². The number of amides is 2. The first kappa shape index (κ1) is 20.1. The van der Waals surface area contributed by atoms with Crippen molar-refractivity contribution in [2.75, 3.05) is 29.9 Å². The topological polar surface area (TPSA) is 91.7 Å². The van der Waals surface area contributed by atoms with E-state index in [1.54, 1.807) is 23.9 Å². The highest BCUT2D eigenvalue weighted by atomic mass is 32.1. The molecule has 2 aromatic rings. The molecule has 11 heteroatoms. The van der Waals surface area contributed by atoms with Crippen LogP contribution in [0, 0.1) is 5.82 Å². The molecule has 0 aliphatic carbocycles. The molecule has 0 unspecified atom stereocenters. The number of anilines is 2. The molecule has 0 saturated carbocycles. The normalized spacial score (nSPS) is 17.7. The molecular weight excluding hydrogens is 411 g/mol. The van der Waals surface area contributed by atoms with Crippen molar-refractivity contribution in [2.24, 2.45) is 0 Å². The van der Waals surface area contributed by atoms with E-state index in [0.29, 0.717) is 29.6 Å². The summed E-state index contributed by atoms with van der Waals surface area (Å²) >= 11 is 5.18. The lowest BCUT2D eigenvalue weighted by Crippen LogP contribution is -2.33. The summed E-state index contributed by atoms with van der Waals surface area (Å²) in [7, 11) is 1.73. The van der Waals surface area contributed by atoms with E-state index in [4.69, 9.17) is 17.0 Å². The second-order valence-electron chi connectivity index (χ2n) is 7.15. The lowest BCUT2D eigenvalue weighted by atomic mass is 10.2. The molecule has 2 aliphatic heterocycles. The minimum atomic E-state index is -0.562. The van der Waals surface area contributed by atoms with Crippen molar-refractivity contribution >= 4 is 40.7 Å². The third-order valence-electron chi connectivity index (χ3n) is 5.04. The number of benzene rings is 1. The number of carbonyl (C=O) groups is 2. The zero-order chi connectivity index (χ0) is 21.4. The molecule has 0 bridgehead atoms. The minimum Gasteiger partial charge on any atom is -0.442 e. The smallest absolute Gasteiger partial charge is 0.414 e. The number of nitrogens with zero attached hydrogens (tertiary/aromatic N) is 4. The van der Waals surface area contributed by atoms with E-state index in [-0.39, 0.29) is 19.0 Å². The van der Waals surface area contributed by atoms with Crippen molar-refractivity contribution in [1.82, 2.24) is 20.4 Å². The minimum absolute atomic E-state index is 0.203. The Labute approximate surface area is 177 Å². The number of nitrogens with one attached hydrogen (secondary N) is 2.